The van der Waals surface area contributed by atoms with Gasteiger partial charge in [-0.25, -0.2) is 4.68 Å². The van der Waals surface area contributed by atoms with Gasteiger partial charge in [0.25, 0.3) is 5.91 Å². The molecule has 0 unspecified atom stereocenters. The summed E-state index contributed by atoms with van der Waals surface area (Å²) in [6.07, 6.45) is 1.12. The van der Waals surface area contributed by atoms with E-state index in [0.717, 1.165) is 29.8 Å². The molecule has 0 atom stereocenters. The van der Waals surface area contributed by atoms with E-state index in [-0.39, 0.29) is 17.3 Å². The van der Waals surface area contributed by atoms with E-state index in [2.05, 4.69) is 16.9 Å². The Hall–Kier alpha value is -3.53. The third-order valence-corrected chi connectivity index (χ3v) is 5.80. The van der Waals surface area contributed by atoms with Gasteiger partial charge in [-0.05, 0) is 26.0 Å². The lowest BCUT2D eigenvalue weighted by atomic mass is 10.1. The van der Waals surface area contributed by atoms with Crippen LogP contribution in [0, 0.1) is 24.0 Å². The molecule has 0 bridgehead atoms. The normalized spacial score (nSPS) is 14.7. The zero-order chi connectivity index (χ0) is 22.1. The fourth-order valence-electron chi connectivity index (χ4n) is 4.01. The fraction of sp³-hybridized carbons (Fsp3) is 0.381. The monoisotopic (exact) mass is 423 g/mol. The highest BCUT2D eigenvalue weighted by Gasteiger charge is 2.31. The summed E-state index contributed by atoms with van der Waals surface area (Å²) in [6.45, 7) is 7.23. The Morgan fingerprint density at radius 3 is 2.45 bits per heavy atom. The van der Waals surface area contributed by atoms with Crippen molar-refractivity contribution in [2.45, 2.75) is 20.4 Å². The van der Waals surface area contributed by atoms with Crippen LogP contribution >= 0.6 is 0 Å². The van der Waals surface area contributed by atoms with E-state index in [1.807, 2.05) is 41.9 Å². The molecule has 0 N–H and O–H groups in total. The summed E-state index contributed by atoms with van der Waals surface area (Å²) in [5, 5.41) is 19.8. The van der Waals surface area contributed by atoms with Crippen LogP contribution in [0.4, 0.5) is 5.69 Å². The SMILES string of the molecule is Cc1nn(-c2ccccc2)c(C)c1CN1CCN(C(=O)c2c([N+](=O)[O-])cnn2C)CC1. The molecule has 1 aromatic carbocycles. The van der Waals surface area contributed by atoms with Crippen molar-refractivity contribution in [1.82, 2.24) is 29.4 Å². The molecule has 1 saturated heterocycles. The average Bonchev–Trinajstić information content (AvgIpc) is 3.29. The first-order valence-electron chi connectivity index (χ1n) is 10.2. The highest BCUT2D eigenvalue weighted by Crippen LogP contribution is 2.22. The van der Waals surface area contributed by atoms with Gasteiger partial charge in [0.2, 0.25) is 5.69 Å². The quantitative estimate of drug-likeness (QED) is 0.460. The van der Waals surface area contributed by atoms with E-state index in [4.69, 9.17) is 5.10 Å². The largest absolute Gasteiger partial charge is 0.335 e. The van der Waals surface area contributed by atoms with E-state index in [1.165, 1.54) is 10.2 Å². The molecule has 3 heterocycles. The highest BCUT2D eigenvalue weighted by molar-refractivity contribution is 5.96. The molecule has 162 valence electrons. The molecule has 10 nitrogen and oxygen atoms in total. The summed E-state index contributed by atoms with van der Waals surface area (Å²) >= 11 is 0. The lowest BCUT2D eigenvalue weighted by molar-refractivity contribution is -0.385. The summed E-state index contributed by atoms with van der Waals surface area (Å²) < 4.78 is 3.24. The van der Waals surface area contributed by atoms with E-state index in [0.29, 0.717) is 26.2 Å². The molecule has 1 aliphatic rings. The number of aromatic nitrogens is 4. The Bertz CT molecular complexity index is 1110. The standard InChI is InChI=1S/C21H25N7O3/c1-15-18(16(2)27(23-15)17-7-5-4-6-8-17)14-25-9-11-26(12-10-25)21(29)20-19(28(30)31)13-22-24(20)3/h4-8,13H,9-12,14H2,1-3H3. The predicted octanol–water partition coefficient (Wildman–Crippen LogP) is 2.09. The van der Waals surface area contributed by atoms with Gasteiger partial charge in [0.05, 0.1) is 16.3 Å². The summed E-state index contributed by atoms with van der Waals surface area (Å²) in [5.74, 6) is -0.351. The van der Waals surface area contributed by atoms with Gasteiger partial charge in [-0.2, -0.15) is 10.2 Å². The van der Waals surface area contributed by atoms with Crippen LogP contribution in [0.1, 0.15) is 27.4 Å². The number of amides is 1. The van der Waals surface area contributed by atoms with Crippen molar-refractivity contribution in [1.29, 1.82) is 0 Å². The molecule has 1 fully saturated rings. The number of rotatable bonds is 5. The number of nitro groups is 1. The van der Waals surface area contributed by atoms with Gasteiger partial charge < -0.3 is 4.90 Å². The van der Waals surface area contributed by atoms with Gasteiger partial charge in [-0.1, -0.05) is 18.2 Å². The second-order valence-electron chi connectivity index (χ2n) is 7.72. The molecule has 1 aliphatic heterocycles. The van der Waals surface area contributed by atoms with Crippen molar-refractivity contribution in [3.8, 4) is 5.69 Å². The van der Waals surface area contributed by atoms with Gasteiger partial charge in [0.15, 0.2) is 0 Å². The lowest BCUT2D eigenvalue weighted by Crippen LogP contribution is -2.48. The van der Waals surface area contributed by atoms with Crippen LogP contribution in [-0.4, -0.2) is 66.4 Å². The van der Waals surface area contributed by atoms with E-state index in [9.17, 15) is 14.9 Å². The molecule has 0 aliphatic carbocycles. The summed E-state index contributed by atoms with van der Waals surface area (Å²) in [7, 11) is 1.55. The highest BCUT2D eigenvalue weighted by atomic mass is 16.6. The Morgan fingerprint density at radius 1 is 1.13 bits per heavy atom. The molecule has 0 saturated carbocycles. The first-order chi connectivity index (χ1) is 14.9. The second-order valence-corrected chi connectivity index (χ2v) is 7.72. The number of benzene rings is 1. The molecular formula is C21H25N7O3. The van der Waals surface area contributed by atoms with Crippen LogP contribution in [0.25, 0.3) is 5.69 Å². The third kappa shape index (κ3) is 3.93. The Morgan fingerprint density at radius 2 is 1.81 bits per heavy atom. The van der Waals surface area contributed by atoms with Crippen LogP contribution in [0.5, 0.6) is 0 Å². The fourth-order valence-corrected chi connectivity index (χ4v) is 4.01. The van der Waals surface area contributed by atoms with E-state index >= 15 is 0 Å². The summed E-state index contributed by atoms with van der Waals surface area (Å²) in [4.78, 5) is 27.5. The van der Waals surface area contributed by atoms with Crippen LogP contribution in [0.2, 0.25) is 0 Å². The summed E-state index contributed by atoms with van der Waals surface area (Å²) in [5.41, 5.74) is 4.08. The maximum atomic E-state index is 12.9. The zero-order valence-electron chi connectivity index (χ0n) is 17.9. The molecule has 10 heteroatoms. The number of hydrogen-bond donors (Lipinski definition) is 0. The molecule has 3 aromatic rings. The van der Waals surface area contributed by atoms with Gasteiger partial charge in [0, 0.05) is 51.0 Å². The molecule has 1 amide bonds. The van der Waals surface area contributed by atoms with Crippen molar-refractivity contribution >= 4 is 11.6 Å². The minimum absolute atomic E-state index is 0.0225. The first-order valence-corrected chi connectivity index (χ1v) is 10.2. The molecule has 31 heavy (non-hydrogen) atoms. The van der Waals surface area contributed by atoms with Crippen molar-refractivity contribution in [3.05, 3.63) is 69.3 Å². The van der Waals surface area contributed by atoms with Gasteiger partial charge in [0.1, 0.15) is 6.20 Å². The Kier molecular flexibility index (Phi) is 5.55. The van der Waals surface area contributed by atoms with Crippen molar-refractivity contribution < 1.29 is 9.72 Å². The van der Waals surface area contributed by atoms with Gasteiger partial charge >= 0.3 is 5.69 Å². The van der Waals surface area contributed by atoms with E-state index in [1.54, 1.807) is 11.9 Å². The van der Waals surface area contributed by atoms with E-state index < -0.39 is 4.92 Å². The van der Waals surface area contributed by atoms with Crippen LogP contribution in [-0.2, 0) is 13.6 Å². The maximum Gasteiger partial charge on any atom is 0.320 e. The number of para-hydroxylation sites is 1. The number of carbonyl (C=O) groups is 1. The molecule has 0 radical (unpaired) electrons. The number of piperazine rings is 1. The molecule has 0 spiro atoms. The average molecular weight is 423 g/mol. The van der Waals surface area contributed by atoms with Crippen molar-refractivity contribution in [2.75, 3.05) is 26.2 Å². The van der Waals surface area contributed by atoms with Gasteiger partial charge in [-0.3, -0.25) is 24.5 Å². The predicted molar refractivity (Wildman–Crippen MR) is 114 cm³/mol. The number of hydrogen-bond acceptors (Lipinski definition) is 6. The second kappa shape index (κ2) is 8.31. The van der Waals surface area contributed by atoms with Gasteiger partial charge in [-0.15, -0.1) is 0 Å². The van der Waals surface area contributed by atoms with Crippen LogP contribution in [0.15, 0.2) is 36.5 Å². The smallest absolute Gasteiger partial charge is 0.320 e. The number of nitrogens with zero attached hydrogens (tertiary/aromatic N) is 7. The Labute approximate surface area is 179 Å². The van der Waals surface area contributed by atoms with Crippen molar-refractivity contribution in [3.63, 3.8) is 0 Å². The van der Waals surface area contributed by atoms with Crippen LogP contribution < -0.4 is 0 Å². The minimum atomic E-state index is -0.563. The maximum absolute atomic E-state index is 12.9. The lowest BCUT2D eigenvalue weighted by Gasteiger charge is -2.34. The van der Waals surface area contributed by atoms with Crippen LogP contribution in [0.3, 0.4) is 0 Å². The topological polar surface area (TPSA) is 102 Å². The molecule has 2 aromatic heterocycles. The third-order valence-electron chi connectivity index (χ3n) is 5.80. The number of aryl methyl sites for hydroxylation is 2. The molecule has 4 rings (SSSR count). The first kappa shape index (κ1) is 20.7. The zero-order valence-corrected chi connectivity index (χ0v) is 17.9. The molecular weight excluding hydrogens is 398 g/mol. The van der Waals surface area contributed by atoms with Crippen molar-refractivity contribution in [2.24, 2.45) is 7.05 Å². The minimum Gasteiger partial charge on any atom is -0.335 e. The Balaban J connectivity index is 1.44. The number of carbonyl (C=O) groups excluding carboxylic acids is 1. The summed E-state index contributed by atoms with van der Waals surface area (Å²) in [6, 6.07) is 10.0.